The van der Waals surface area contributed by atoms with Gasteiger partial charge in [-0.15, -0.1) is 10.2 Å². The van der Waals surface area contributed by atoms with Crippen LogP contribution in [0.3, 0.4) is 0 Å². The fourth-order valence-electron chi connectivity index (χ4n) is 6.99. The number of pyridine rings is 2. The lowest BCUT2D eigenvalue weighted by atomic mass is 10.1. The van der Waals surface area contributed by atoms with E-state index < -0.39 is 28.3 Å². The lowest BCUT2D eigenvalue weighted by Crippen LogP contribution is -2.44. The molecule has 262 valence electrons. The molecule has 2 aliphatic heterocycles. The van der Waals surface area contributed by atoms with Crippen molar-refractivity contribution in [1.29, 1.82) is 0 Å². The number of nitrogens with zero attached hydrogens (tertiary/aromatic N) is 7. The number of nitrogens with one attached hydrogen (secondary N) is 1. The Labute approximate surface area is 290 Å². The van der Waals surface area contributed by atoms with Crippen LogP contribution < -0.4 is 26.0 Å². The number of halogens is 3. The maximum atomic E-state index is 15.8. The van der Waals surface area contributed by atoms with Crippen LogP contribution in [0.4, 0.5) is 24.5 Å². The second-order valence-electron chi connectivity index (χ2n) is 13.0. The van der Waals surface area contributed by atoms with E-state index in [9.17, 15) is 14.0 Å². The van der Waals surface area contributed by atoms with Crippen molar-refractivity contribution >= 4 is 33.2 Å². The van der Waals surface area contributed by atoms with Gasteiger partial charge >= 0.3 is 0 Å². The van der Waals surface area contributed by atoms with Gasteiger partial charge in [0.15, 0.2) is 0 Å². The first-order chi connectivity index (χ1) is 24.7. The van der Waals surface area contributed by atoms with Crippen LogP contribution in [0.25, 0.3) is 50.4 Å². The van der Waals surface area contributed by atoms with Crippen molar-refractivity contribution in [3.8, 4) is 28.6 Å². The first-order valence-electron chi connectivity index (χ1n) is 16.9. The summed E-state index contributed by atoms with van der Waals surface area (Å²) in [6.07, 6.45) is 3.09. The molecule has 14 heteroatoms. The number of likely N-dealkylation sites (N-methyl/N-ethyl adjacent to an activating group) is 1. The monoisotopic (exact) mass is 696 g/mol. The molecule has 0 radical (unpaired) electrons. The third kappa shape index (κ3) is 5.83. The Kier molecular flexibility index (Phi) is 8.35. The second kappa shape index (κ2) is 13.0. The predicted octanol–water partition coefficient (Wildman–Crippen LogP) is 4.62. The number of fused-ring (bicyclic) bond motifs is 2. The molecule has 0 saturated carbocycles. The van der Waals surface area contributed by atoms with Crippen molar-refractivity contribution < 1.29 is 17.6 Å². The largest absolute Gasteiger partial charge is 0.416 e. The van der Waals surface area contributed by atoms with Crippen molar-refractivity contribution in [2.24, 2.45) is 0 Å². The van der Waals surface area contributed by atoms with Crippen LogP contribution in [0.5, 0.6) is 0 Å². The van der Waals surface area contributed by atoms with Crippen LogP contribution in [-0.4, -0.2) is 83.6 Å². The number of piperazine rings is 2. The number of rotatable bonds is 6. The van der Waals surface area contributed by atoms with Gasteiger partial charge in [-0.3, -0.25) is 9.59 Å². The van der Waals surface area contributed by atoms with Crippen molar-refractivity contribution in [2.45, 2.75) is 13.5 Å². The van der Waals surface area contributed by atoms with Crippen molar-refractivity contribution in [2.75, 3.05) is 69.2 Å². The highest BCUT2D eigenvalue weighted by molar-refractivity contribution is 5.88. The van der Waals surface area contributed by atoms with Crippen LogP contribution in [-0.2, 0) is 6.54 Å². The van der Waals surface area contributed by atoms with Gasteiger partial charge in [0.05, 0.1) is 22.4 Å². The summed E-state index contributed by atoms with van der Waals surface area (Å²) in [5.41, 5.74) is 1.22. The molecule has 2 saturated heterocycles. The summed E-state index contributed by atoms with van der Waals surface area (Å²) in [5, 5.41) is 11.7. The summed E-state index contributed by atoms with van der Waals surface area (Å²) in [6, 6.07) is 11.5. The normalized spacial score (nSPS) is 15.7. The molecule has 51 heavy (non-hydrogen) atoms. The van der Waals surface area contributed by atoms with Crippen LogP contribution in [0.2, 0.25) is 0 Å². The van der Waals surface area contributed by atoms with E-state index in [0.29, 0.717) is 60.8 Å². The summed E-state index contributed by atoms with van der Waals surface area (Å²) in [5.74, 6) is -1.85. The zero-order chi connectivity index (χ0) is 35.4. The fraction of sp³-hybridized carbons (Fsp3) is 0.297. The number of aryl methyl sites for hydroxylation is 1. The van der Waals surface area contributed by atoms with Crippen LogP contribution in [0, 0.1) is 17.5 Å². The Hall–Kier alpha value is -5.47. The predicted molar refractivity (Wildman–Crippen MR) is 190 cm³/mol. The molecule has 5 heterocycles. The molecule has 3 aromatic carbocycles. The Morgan fingerprint density at radius 1 is 0.725 bits per heavy atom. The van der Waals surface area contributed by atoms with E-state index in [4.69, 9.17) is 4.42 Å². The molecule has 0 atom stereocenters. The highest BCUT2D eigenvalue weighted by Gasteiger charge is 2.25. The molecule has 0 bridgehead atoms. The summed E-state index contributed by atoms with van der Waals surface area (Å²) in [4.78, 5) is 33.9. The second-order valence-corrected chi connectivity index (χ2v) is 13.0. The summed E-state index contributed by atoms with van der Waals surface area (Å²) >= 11 is 0. The third-order valence-corrected chi connectivity index (χ3v) is 9.85. The van der Waals surface area contributed by atoms with Crippen LogP contribution >= 0.6 is 0 Å². The first kappa shape index (κ1) is 32.7. The van der Waals surface area contributed by atoms with E-state index in [2.05, 4.69) is 20.4 Å². The fourth-order valence-corrected chi connectivity index (χ4v) is 6.99. The maximum Gasteiger partial charge on any atom is 0.253 e. The van der Waals surface area contributed by atoms with Crippen LogP contribution in [0.1, 0.15) is 6.92 Å². The number of benzene rings is 3. The maximum absolute atomic E-state index is 15.8. The third-order valence-electron chi connectivity index (χ3n) is 9.85. The van der Waals surface area contributed by atoms with E-state index in [1.165, 1.54) is 30.5 Å². The minimum Gasteiger partial charge on any atom is -0.416 e. The molecular weight excluding hydrogens is 661 g/mol. The van der Waals surface area contributed by atoms with E-state index in [0.717, 1.165) is 26.2 Å². The van der Waals surface area contributed by atoms with Crippen molar-refractivity contribution in [3.63, 3.8) is 0 Å². The molecule has 6 aromatic rings. The lowest BCUT2D eigenvalue weighted by Gasteiger charge is -2.34. The van der Waals surface area contributed by atoms with Gasteiger partial charge in [0, 0.05) is 87.8 Å². The Bertz CT molecular complexity index is 2410. The highest BCUT2D eigenvalue weighted by atomic mass is 19.1. The van der Waals surface area contributed by atoms with E-state index in [1.807, 2.05) is 28.3 Å². The van der Waals surface area contributed by atoms with Gasteiger partial charge in [-0.05, 0) is 62.5 Å². The van der Waals surface area contributed by atoms with Crippen molar-refractivity contribution in [3.05, 3.63) is 98.8 Å². The molecule has 0 unspecified atom stereocenters. The molecule has 11 nitrogen and oxygen atoms in total. The Morgan fingerprint density at radius 2 is 1.27 bits per heavy atom. The lowest BCUT2D eigenvalue weighted by molar-refractivity contribution is 0.312. The van der Waals surface area contributed by atoms with Gasteiger partial charge in [-0.25, -0.2) is 13.2 Å². The Balaban J connectivity index is 1.25. The zero-order valence-corrected chi connectivity index (χ0v) is 28.1. The van der Waals surface area contributed by atoms with Gasteiger partial charge in [-0.1, -0.05) is 0 Å². The number of aromatic nitrogens is 4. The van der Waals surface area contributed by atoms with Gasteiger partial charge < -0.3 is 33.6 Å². The Morgan fingerprint density at radius 3 is 1.88 bits per heavy atom. The molecule has 2 aliphatic rings. The standard InChI is InChI=1S/C37H35F3N8O3/c1-3-45-20-26(34(49)24-16-28(39)32(18-30(24)45)46-10-8-41-9-11-46)36-42-43-37(51-36)27-21-48(23-6-4-22(38)5-7-23)31-19-33(29(40)17-25(31)35(27)50)47-14-12-44(2)13-15-47/h4-7,16-21,41H,3,8-15H2,1-2H3. The molecule has 2 fully saturated rings. The quantitative estimate of drug-likeness (QED) is 0.267. The van der Waals surface area contributed by atoms with Gasteiger partial charge in [-0.2, -0.15) is 0 Å². The average Bonchev–Trinajstić information content (AvgIpc) is 3.63. The zero-order valence-electron chi connectivity index (χ0n) is 28.1. The number of anilines is 2. The minimum absolute atomic E-state index is 0.0411. The topological polar surface area (TPSA) is 105 Å². The van der Waals surface area contributed by atoms with E-state index in [-0.39, 0.29) is 33.7 Å². The number of hydrogen-bond donors (Lipinski definition) is 1. The van der Waals surface area contributed by atoms with E-state index in [1.54, 1.807) is 35.0 Å². The van der Waals surface area contributed by atoms with Gasteiger partial charge in [0.25, 0.3) is 11.8 Å². The number of hydrogen-bond acceptors (Lipinski definition) is 9. The smallest absolute Gasteiger partial charge is 0.253 e. The summed E-state index contributed by atoms with van der Waals surface area (Å²) in [6.45, 7) is 7.86. The molecule has 3 aromatic heterocycles. The summed E-state index contributed by atoms with van der Waals surface area (Å²) < 4.78 is 54.7. The molecule has 0 aliphatic carbocycles. The first-order valence-corrected chi connectivity index (χ1v) is 16.9. The molecular formula is C37H35F3N8O3. The molecule has 1 N–H and O–H groups in total. The molecule has 8 rings (SSSR count). The average molecular weight is 697 g/mol. The van der Waals surface area contributed by atoms with Crippen molar-refractivity contribution in [1.82, 2.24) is 29.5 Å². The van der Waals surface area contributed by atoms with Gasteiger partial charge in [0.1, 0.15) is 28.6 Å². The van der Waals surface area contributed by atoms with Gasteiger partial charge in [0.2, 0.25) is 10.9 Å². The van der Waals surface area contributed by atoms with E-state index >= 15 is 8.78 Å². The highest BCUT2D eigenvalue weighted by Crippen LogP contribution is 2.31. The molecule has 0 amide bonds. The molecule has 0 spiro atoms. The SMILES string of the molecule is CCn1cc(-c2nnc(-c3cn(-c4ccc(F)cc4)c4cc(N5CCN(C)CC5)c(F)cc4c3=O)o2)c(=O)c2cc(F)c(N3CCNCC3)cc21. The summed E-state index contributed by atoms with van der Waals surface area (Å²) in [7, 11) is 2.01. The minimum atomic E-state index is -0.561. The van der Waals surface area contributed by atoms with Crippen LogP contribution in [0.15, 0.2) is 74.9 Å².